The standard InChI is InChI=1S/C9H8N2O2/c10-5-4-7-2-1-3-8(6-7)11-9(12)13/h1-3,6,11H,4H2,(H,12,13). The number of hydrogen-bond acceptors (Lipinski definition) is 2. The maximum Gasteiger partial charge on any atom is 0.409 e. The molecule has 1 aromatic carbocycles. The Morgan fingerprint density at radius 1 is 1.62 bits per heavy atom. The van der Waals surface area contributed by atoms with Gasteiger partial charge < -0.3 is 5.11 Å². The molecule has 1 rings (SSSR count). The molecule has 0 aliphatic rings. The summed E-state index contributed by atoms with van der Waals surface area (Å²) in [6.07, 6.45) is -0.816. The predicted octanol–water partition coefficient (Wildman–Crippen LogP) is 1.84. The lowest BCUT2D eigenvalue weighted by Crippen LogP contribution is -2.07. The molecule has 0 fully saturated rings. The number of rotatable bonds is 2. The van der Waals surface area contributed by atoms with Crippen molar-refractivity contribution in [2.45, 2.75) is 6.42 Å². The molecule has 1 amide bonds. The summed E-state index contributed by atoms with van der Waals surface area (Å²) in [6.45, 7) is 0. The normalized spacial score (nSPS) is 8.85. The summed E-state index contributed by atoms with van der Waals surface area (Å²) in [5.74, 6) is 0. The zero-order chi connectivity index (χ0) is 9.68. The quantitative estimate of drug-likeness (QED) is 0.722. The van der Waals surface area contributed by atoms with Crippen LogP contribution in [0, 0.1) is 11.3 Å². The van der Waals surface area contributed by atoms with Gasteiger partial charge in [-0.3, -0.25) is 5.32 Å². The highest BCUT2D eigenvalue weighted by Gasteiger charge is 1.98. The molecule has 0 saturated heterocycles. The Kier molecular flexibility index (Phi) is 2.87. The fourth-order valence-electron chi connectivity index (χ4n) is 0.974. The molecule has 0 unspecified atom stereocenters. The van der Waals surface area contributed by atoms with Crippen LogP contribution in [0.1, 0.15) is 5.56 Å². The summed E-state index contributed by atoms with van der Waals surface area (Å²) in [4.78, 5) is 10.3. The predicted molar refractivity (Wildman–Crippen MR) is 47.4 cm³/mol. The minimum atomic E-state index is -1.10. The van der Waals surface area contributed by atoms with Gasteiger partial charge in [-0.1, -0.05) is 12.1 Å². The summed E-state index contributed by atoms with van der Waals surface area (Å²) >= 11 is 0. The van der Waals surface area contributed by atoms with Crippen LogP contribution in [0.25, 0.3) is 0 Å². The van der Waals surface area contributed by atoms with E-state index in [-0.39, 0.29) is 6.42 Å². The lowest BCUT2D eigenvalue weighted by molar-refractivity contribution is 0.210. The smallest absolute Gasteiger partial charge is 0.409 e. The van der Waals surface area contributed by atoms with Gasteiger partial charge in [0.15, 0.2) is 0 Å². The molecule has 0 radical (unpaired) electrons. The number of carbonyl (C=O) groups is 1. The highest BCUT2D eigenvalue weighted by molar-refractivity contribution is 5.82. The molecule has 0 aliphatic carbocycles. The van der Waals surface area contributed by atoms with Gasteiger partial charge in [-0.2, -0.15) is 5.26 Å². The number of carboxylic acid groups (broad SMARTS) is 1. The third-order valence-electron chi connectivity index (χ3n) is 1.46. The van der Waals surface area contributed by atoms with E-state index in [1.54, 1.807) is 24.3 Å². The monoisotopic (exact) mass is 176 g/mol. The van der Waals surface area contributed by atoms with Crippen molar-refractivity contribution in [1.82, 2.24) is 0 Å². The lowest BCUT2D eigenvalue weighted by Gasteiger charge is -2.01. The van der Waals surface area contributed by atoms with E-state index >= 15 is 0 Å². The molecule has 0 heterocycles. The summed E-state index contributed by atoms with van der Waals surface area (Å²) in [7, 11) is 0. The van der Waals surface area contributed by atoms with Gasteiger partial charge in [-0.15, -0.1) is 0 Å². The van der Waals surface area contributed by atoms with Crippen LogP contribution in [0.2, 0.25) is 0 Å². The zero-order valence-corrected chi connectivity index (χ0v) is 6.82. The fourth-order valence-corrected chi connectivity index (χ4v) is 0.974. The average Bonchev–Trinajstić information content (AvgIpc) is 2.04. The first-order valence-corrected chi connectivity index (χ1v) is 3.68. The van der Waals surface area contributed by atoms with Crippen molar-refractivity contribution in [3.05, 3.63) is 29.8 Å². The topological polar surface area (TPSA) is 73.1 Å². The number of hydrogen-bond donors (Lipinski definition) is 2. The number of amides is 1. The van der Waals surface area contributed by atoms with Gasteiger partial charge in [0.05, 0.1) is 12.5 Å². The second kappa shape index (κ2) is 4.12. The van der Waals surface area contributed by atoms with Crippen LogP contribution in [0.4, 0.5) is 10.5 Å². The van der Waals surface area contributed by atoms with E-state index < -0.39 is 6.09 Å². The minimum absolute atomic E-state index is 0.287. The Balaban J connectivity index is 2.80. The number of anilines is 1. The van der Waals surface area contributed by atoms with Crippen LogP contribution >= 0.6 is 0 Å². The molecule has 0 saturated carbocycles. The molecule has 13 heavy (non-hydrogen) atoms. The van der Waals surface area contributed by atoms with Gasteiger partial charge >= 0.3 is 6.09 Å². The molecule has 66 valence electrons. The Labute approximate surface area is 75.4 Å². The molecule has 1 aromatic rings. The average molecular weight is 176 g/mol. The van der Waals surface area contributed by atoms with E-state index in [0.29, 0.717) is 5.69 Å². The van der Waals surface area contributed by atoms with Crippen LogP contribution < -0.4 is 5.32 Å². The Bertz CT molecular complexity index is 355. The van der Waals surface area contributed by atoms with Crippen LogP contribution in [0.15, 0.2) is 24.3 Å². The van der Waals surface area contributed by atoms with Crippen LogP contribution in [-0.2, 0) is 6.42 Å². The van der Waals surface area contributed by atoms with Gasteiger partial charge in [0, 0.05) is 5.69 Å². The second-order valence-corrected chi connectivity index (χ2v) is 2.47. The molecule has 0 spiro atoms. The molecule has 0 bridgehead atoms. The Hall–Kier alpha value is -2.02. The summed E-state index contributed by atoms with van der Waals surface area (Å²) < 4.78 is 0. The summed E-state index contributed by atoms with van der Waals surface area (Å²) in [6, 6.07) is 8.74. The number of nitrogens with one attached hydrogen (secondary N) is 1. The maximum absolute atomic E-state index is 10.3. The van der Waals surface area contributed by atoms with Crippen LogP contribution in [0.5, 0.6) is 0 Å². The van der Waals surface area contributed by atoms with E-state index in [2.05, 4.69) is 5.32 Å². The first-order valence-electron chi connectivity index (χ1n) is 3.68. The van der Waals surface area contributed by atoms with Crippen LogP contribution in [-0.4, -0.2) is 11.2 Å². The molecular formula is C9H8N2O2. The third-order valence-corrected chi connectivity index (χ3v) is 1.46. The first kappa shape index (κ1) is 9.07. The van der Waals surface area contributed by atoms with Crippen molar-refractivity contribution in [3.63, 3.8) is 0 Å². The first-order chi connectivity index (χ1) is 6.22. The van der Waals surface area contributed by atoms with Crippen molar-refractivity contribution < 1.29 is 9.90 Å². The number of nitrogens with zero attached hydrogens (tertiary/aromatic N) is 1. The molecule has 0 atom stereocenters. The van der Waals surface area contributed by atoms with Crippen molar-refractivity contribution >= 4 is 11.8 Å². The largest absolute Gasteiger partial charge is 0.465 e. The van der Waals surface area contributed by atoms with Gasteiger partial charge in [0.2, 0.25) is 0 Å². The van der Waals surface area contributed by atoms with E-state index in [1.807, 2.05) is 6.07 Å². The van der Waals surface area contributed by atoms with Gasteiger partial charge in [-0.25, -0.2) is 4.79 Å². The van der Waals surface area contributed by atoms with E-state index in [0.717, 1.165) is 5.56 Å². The van der Waals surface area contributed by atoms with Crippen LogP contribution in [0.3, 0.4) is 0 Å². The van der Waals surface area contributed by atoms with E-state index in [1.165, 1.54) is 0 Å². The molecule has 2 N–H and O–H groups in total. The number of nitriles is 1. The summed E-state index contributed by atoms with van der Waals surface area (Å²) in [5.41, 5.74) is 1.29. The van der Waals surface area contributed by atoms with Gasteiger partial charge in [-0.05, 0) is 17.7 Å². The lowest BCUT2D eigenvalue weighted by atomic mass is 10.1. The second-order valence-electron chi connectivity index (χ2n) is 2.47. The van der Waals surface area contributed by atoms with E-state index in [9.17, 15) is 4.79 Å². The highest BCUT2D eigenvalue weighted by atomic mass is 16.4. The summed E-state index contributed by atoms with van der Waals surface area (Å²) in [5, 5.41) is 19.0. The zero-order valence-electron chi connectivity index (χ0n) is 6.82. The fraction of sp³-hybridized carbons (Fsp3) is 0.111. The molecule has 4 nitrogen and oxygen atoms in total. The minimum Gasteiger partial charge on any atom is -0.465 e. The molecular weight excluding hydrogens is 168 g/mol. The van der Waals surface area contributed by atoms with Gasteiger partial charge in [0.1, 0.15) is 0 Å². The van der Waals surface area contributed by atoms with Crippen molar-refractivity contribution in [1.29, 1.82) is 5.26 Å². The highest BCUT2D eigenvalue weighted by Crippen LogP contribution is 2.10. The van der Waals surface area contributed by atoms with Crippen molar-refractivity contribution in [2.75, 3.05) is 5.32 Å². The third kappa shape index (κ3) is 2.83. The maximum atomic E-state index is 10.3. The SMILES string of the molecule is N#CCc1cccc(NC(=O)O)c1. The molecule has 0 aromatic heterocycles. The van der Waals surface area contributed by atoms with Crippen molar-refractivity contribution in [3.8, 4) is 6.07 Å². The number of benzene rings is 1. The molecule has 4 heteroatoms. The van der Waals surface area contributed by atoms with Crippen molar-refractivity contribution in [2.24, 2.45) is 0 Å². The van der Waals surface area contributed by atoms with E-state index in [4.69, 9.17) is 10.4 Å². The Morgan fingerprint density at radius 3 is 3.00 bits per heavy atom. The Morgan fingerprint density at radius 2 is 2.38 bits per heavy atom. The molecule has 0 aliphatic heterocycles. The van der Waals surface area contributed by atoms with Gasteiger partial charge in [0.25, 0.3) is 0 Å².